The van der Waals surface area contributed by atoms with E-state index in [-0.39, 0.29) is 5.97 Å². The molecule has 0 aliphatic rings. The molecule has 0 aromatic heterocycles. The summed E-state index contributed by atoms with van der Waals surface area (Å²) in [4.78, 5) is 11.1. The van der Waals surface area contributed by atoms with E-state index < -0.39 is 0 Å². The molecule has 0 atom stereocenters. The number of hydrogen-bond acceptors (Lipinski definition) is 3. The lowest BCUT2D eigenvalue weighted by atomic mass is 10.1. The molecule has 68 valence electrons. The number of benzene rings is 1. The Morgan fingerprint density at radius 3 is 2.62 bits per heavy atom. The summed E-state index contributed by atoms with van der Waals surface area (Å²) in [6, 6.07) is 6.83. The van der Waals surface area contributed by atoms with E-state index in [9.17, 15) is 4.79 Å². The molecule has 0 radical (unpaired) electrons. The molecule has 1 aromatic carbocycles. The monoisotopic (exact) mass is 177 g/mol. The van der Waals surface area contributed by atoms with Crippen LogP contribution in [-0.2, 0) is 4.74 Å². The summed E-state index contributed by atoms with van der Waals surface area (Å²) in [6.45, 7) is 3.58. The zero-order chi connectivity index (χ0) is 9.84. The van der Waals surface area contributed by atoms with Crippen LogP contribution in [0, 0.1) is 0 Å². The lowest BCUT2D eigenvalue weighted by molar-refractivity contribution is 0.0600. The molecule has 2 N–H and O–H groups in total. The first-order valence-electron chi connectivity index (χ1n) is 3.78. The molecular formula is C10H11NO2. The minimum Gasteiger partial charge on any atom is -0.465 e. The Balaban J connectivity index is 3.05. The van der Waals surface area contributed by atoms with Crippen LogP contribution in [0.3, 0.4) is 0 Å². The summed E-state index contributed by atoms with van der Waals surface area (Å²) < 4.78 is 4.56. The quantitative estimate of drug-likeness (QED) is 0.695. The molecule has 13 heavy (non-hydrogen) atoms. The Labute approximate surface area is 76.8 Å². The topological polar surface area (TPSA) is 52.3 Å². The first-order valence-corrected chi connectivity index (χ1v) is 3.78. The zero-order valence-corrected chi connectivity index (χ0v) is 7.41. The van der Waals surface area contributed by atoms with Crippen molar-refractivity contribution in [1.82, 2.24) is 0 Å². The molecule has 0 saturated carbocycles. The van der Waals surface area contributed by atoms with E-state index in [1.54, 1.807) is 24.3 Å². The normalized spacial score (nSPS) is 9.31. The SMILES string of the molecule is C=C(N)c1cccc(C(=O)OC)c1. The number of hydrogen-bond donors (Lipinski definition) is 1. The second kappa shape index (κ2) is 3.76. The first-order chi connectivity index (χ1) is 6.15. The number of nitrogens with two attached hydrogens (primary N) is 1. The van der Waals surface area contributed by atoms with E-state index in [1.165, 1.54) is 7.11 Å². The van der Waals surface area contributed by atoms with Crippen LogP contribution in [0.1, 0.15) is 15.9 Å². The van der Waals surface area contributed by atoms with Gasteiger partial charge in [0, 0.05) is 5.70 Å². The van der Waals surface area contributed by atoms with E-state index in [0.717, 1.165) is 5.56 Å². The molecule has 1 rings (SSSR count). The standard InChI is InChI=1S/C10H11NO2/c1-7(11)8-4-3-5-9(6-8)10(12)13-2/h3-6H,1,11H2,2H3. The van der Waals surface area contributed by atoms with Crippen LogP contribution < -0.4 is 5.73 Å². The van der Waals surface area contributed by atoms with E-state index in [4.69, 9.17) is 5.73 Å². The Kier molecular flexibility index (Phi) is 2.69. The van der Waals surface area contributed by atoms with Gasteiger partial charge in [-0.1, -0.05) is 18.7 Å². The van der Waals surface area contributed by atoms with Gasteiger partial charge in [-0.2, -0.15) is 0 Å². The van der Waals surface area contributed by atoms with Crippen molar-refractivity contribution in [2.45, 2.75) is 0 Å². The van der Waals surface area contributed by atoms with Gasteiger partial charge in [-0.15, -0.1) is 0 Å². The van der Waals surface area contributed by atoms with Crippen LogP contribution in [0.4, 0.5) is 0 Å². The van der Waals surface area contributed by atoms with Gasteiger partial charge in [0.1, 0.15) is 0 Å². The third-order valence-corrected chi connectivity index (χ3v) is 1.65. The van der Waals surface area contributed by atoms with Crippen LogP contribution in [0.2, 0.25) is 0 Å². The van der Waals surface area contributed by atoms with E-state index in [1.807, 2.05) is 0 Å². The Bertz CT molecular complexity index is 345. The summed E-state index contributed by atoms with van der Waals surface area (Å²) in [5, 5.41) is 0. The molecule has 1 aromatic rings. The molecule has 0 fully saturated rings. The highest BCUT2D eigenvalue weighted by molar-refractivity contribution is 5.90. The van der Waals surface area contributed by atoms with Gasteiger partial charge in [0.25, 0.3) is 0 Å². The molecule has 0 heterocycles. The Morgan fingerprint density at radius 1 is 1.46 bits per heavy atom. The van der Waals surface area contributed by atoms with Crippen molar-refractivity contribution < 1.29 is 9.53 Å². The summed E-state index contributed by atoms with van der Waals surface area (Å²) >= 11 is 0. The van der Waals surface area contributed by atoms with Crippen molar-refractivity contribution in [1.29, 1.82) is 0 Å². The number of methoxy groups -OCH3 is 1. The molecule has 0 unspecified atom stereocenters. The predicted molar refractivity (Wildman–Crippen MR) is 51.0 cm³/mol. The minimum absolute atomic E-state index is 0.372. The average Bonchev–Trinajstić information content (AvgIpc) is 2.17. The summed E-state index contributed by atoms with van der Waals surface area (Å²) in [5.41, 5.74) is 7.13. The third-order valence-electron chi connectivity index (χ3n) is 1.65. The molecule has 0 saturated heterocycles. The highest BCUT2D eigenvalue weighted by Crippen LogP contribution is 2.10. The van der Waals surface area contributed by atoms with Crippen molar-refractivity contribution in [2.24, 2.45) is 5.73 Å². The number of rotatable bonds is 2. The first kappa shape index (κ1) is 9.32. The average molecular weight is 177 g/mol. The molecule has 0 aliphatic carbocycles. The maximum Gasteiger partial charge on any atom is 0.337 e. The zero-order valence-electron chi connectivity index (χ0n) is 7.41. The van der Waals surface area contributed by atoms with Crippen molar-refractivity contribution in [3.05, 3.63) is 42.0 Å². The number of ether oxygens (including phenoxy) is 1. The fourth-order valence-corrected chi connectivity index (χ4v) is 0.964. The molecule has 0 amide bonds. The summed E-state index contributed by atoms with van der Waals surface area (Å²) in [6.07, 6.45) is 0. The molecule has 0 bridgehead atoms. The number of esters is 1. The highest BCUT2D eigenvalue weighted by Gasteiger charge is 2.05. The third kappa shape index (κ3) is 2.08. The van der Waals surface area contributed by atoms with Crippen LogP contribution in [0.5, 0.6) is 0 Å². The van der Waals surface area contributed by atoms with Crippen molar-refractivity contribution in [2.75, 3.05) is 7.11 Å². The second-order valence-electron chi connectivity index (χ2n) is 2.60. The van der Waals surface area contributed by atoms with Crippen LogP contribution in [-0.4, -0.2) is 13.1 Å². The summed E-state index contributed by atoms with van der Waals surface area (Å²) in [5.74, 6) is -0.372. The predicted octanol–water partition coefficient (Wildman–Crippen LogP) is 1.40. The lowest BCUT2D eigenvalue weighted by Gasteiger charge is -2.02. The number of carbonyl (C=O) groups excluding carboxylic acids is 1. The molecule has 0 aliphatic heterocycles. The van der Waals surface area contributed by atoms with E-state index in [0.29, 0.717) is 11.3 Å². The van der Waals surface area contributed by atoms with Gasteiger partial charge >= 0.3 is 5.97 Å². The highest BCUT2D eigenvalue weighted by atomic mass is 16.5. The van der Waals surface area contributed by atoms with E-state index in [2.05, 4.69) is 11.3 Å². The molecular weight excluding hydrogens is 166 g/mol. The van der Waals surface area contributed by atoms with Gasteiger partial charge in [0.05, 0.1) is 12.7 Å². The van der Waals surface area contributed by atoms with Crippen LogP contribution in [0.15, 0.2) is 30.8 Å². The maximum atomic E-state index is 11.1. The Morgan fingerprint density at radius 2 is 2.08 bits per heavy atom. The molecule has 3 heteroatoms. The Hall–Kier alpha value is -1.77. The fraction of sp³-hybridized carbons (Fsp3) is 0.100. The van der Waals surface area contributed by atoms with Crippen molar-refractivity contribution in [3.8, 4) is 0 Å². The second-order valence-corrected chi connectivity index (χ2v) is 2.60. The minimum atomic E-state index is -0.372. The number of carbonyl (C=O) groups is 1. The van der Waals surface area contributed by atoms with Crippen LogP contribution >= 0.6 is 0 Å². The van der Waals surface area contributed by atoms with E-state index >= 15 is 0 Å². The lowest BCUT2D eigenvalue weighted by Crippen LogP contribution is -2.02. The van der Waals surface area contributed by atoms with Gasteiger partial charge in [0.15, 0.2) is 0 Å². The maximum absolute atomic E-state index is 11.1. The molecule has 0 spiro atoms. The smallest absolute Gasteiger partial charge is 0.337 e. The van der Waals surface area contributed by atoms with Gasteiger partial charge in [-0.3, -0.25) is 0 Å². The summed E-state index contributed by atoms with van der Waals surface area (Å²) in [7, 11) is 1.34. The van der Waals surface area contributed by atoms with Crippen molar-refractivity contribution in [3.63, 3.8) is 0 Å². The fourth-order valence-electron chi connectivity index (χ4n) is 0.964. The van der Waals surface area contributed by atoms with Gasteiger partial charge in [-0.25, -0.2) is 4.79 Å². The largest absolute Gasteiger partial charge is 0.465 e. The van der Waals surface area contributed by atoms with Crippen molar-refractivity contribution >= 4 is 11.7 Å². The van der Waals surface area contributed by atoms with Gasteiger partial charge in [-0.05, 0) is 17.7 Å². The van der Waals surface area contributed by atoms with Gasteiger partial charge in [0.2, 0.25) is 0 Å². The van der Waals surface area contributed by atoms with Crippen LogP contribution in [0.25, 0.3) is 5.70 Å². The molecule has 3 nitrogen and oxygen atoms in total. The van der Waals surface area contributed by atoms with Gasteiger partial charge < -0.3 is 10.5 Å².